The number of nitrogens with one attached hydrogen (secondary N) is 2. The van der Waals surface area contributed by atoms with Crippen LogP contribution in [0.25, 0.3) is 0 Å². The van der Waals surface area contributed by atoms with Crippen molar-refractivity contribution in [1.82, 2.24) is 15.5 Å². The SMILES string of the molecule is CCNC(=NCc1ccccc1CN1CCOCC1)NCCCC(C)C. The predicted molar refractivity (Wildman–Crippen MR) is 109 cm³/mol. The summed E-state index contributed by atoms with van der Waals surface area (Å²) in [5.41, 5.74) is 2.67. The Morgan fingerprint density at radius 1 is 1.15 bits per heavy atom. The topological polar surface area (TPSA) is 48.9 Å². The van der Waals surface area contributed by atoms with Crippen LogP contribution in [0.1, 0.15) is 44.7 Å². The van der Waals surface area contributed by atoms with Crippen LogP contribution in [0.5, 0.6) is 0 Å². The van der Waals surface area contributed by atoms with E-state index in [-0.39, 0.29) is 0 Å². The number of hydrogen-bond donors (Lipinski definition) is 2. The first-order valence-corrected chi connectivity index (χ1v) is 10.1. The van der Waals surface area contributed by atoms with Crippen LogP contribution in [-0.2, 0) is 17.8 Å². The van der Waals surface area contributed by atoms with Gasteiger partial charge >= 0.3 is 0 Å². The molecule has 0 amide bonds. The molecular weight excluding hydrogens is 324 g/mol. The highest BCUT2D eigenvalue weighted by Gasteiger charge is 2.12. The van der Waals surface area contributed by atoms with E-state index < -0.39 is 0 Å². The molecule has 1 aliphatic heterocycles. The average molecular weight is 361 g/mol. The highest BCUT2D eigenvalue weighted by molar-refractivity contribution is 5.79. The van der Waals surface area contributed by atoms with Gasteiger partial charge in [0.25, 0.3) is 0 Å². The molecule has 0 radical (unpaired) electrons. The molecule has 0 bridgehead atoms. The van der Waals surface area contributed by atoms with E-state index in [1.165, 1.54) is 24.0 Å². The molecule has 1 fully saturated rings. The Labute approximate surface area is 159 Å². The monoisotopic (exact) mass is 360 g/mol. The molecule has 146 valence electrons. The molecular formula is C21H36N4O. The van der Waals surface area contributed by atoms with Gasteiger partial charge in [-0.1, -0.05) is 38.1 Å². The van der Waals surface area contributed by atoms with Gasteiger partial charge < -0.3 is 15.4 Å². The normalized spacial score (nSPS) is 16.1. The smallest absolute Gasteiger partial charge is 0.191 e. The van der Waals surface area contributed by atoms with Crippen molar-refractivity contribution in [2.45, 2.75) is 46.7 Å². The molecule has 1 heterocycles. The van der Waals surface area contributed by atoms with Crippen LogP contribution in [0.3, 0.4) is 0 Å². The molecule has 0 aliphatic carbocycles. The zero-order valence-corrected chi connectivity index (χ0v) is 16.8. The molecule has 5 heteroatoms. The van der Waals surface area contributed by atoms with E-state index in [2.05, 4.69) is 60.6 Å². The van der Waals surface area contributed by atoms with Crippen LogP contribution in [0.15, 0.2) is 29.3 Å². The van der Waals surface area contributed by atoms with Gasteiger partial charge in [-0.05, 0) is 36.8 Å². The van der Waals surface area contributed by atoms with Crippen molar-refractivity contribution in [1.29, 1.82) is 0 Å². The molecule has 0 spiro atoms. The predicted octanol–water partition coefficient (Wildman–Crippen LogP) is 3.01. The second kappa shape index (κ2) is 11.9. The highest BCUT2D eigenvalue weighted by atomic mass is 16.5. The Morgan fingerprint density at radius 3 is 2.58 bits per heavy atom. The van der Waals surface area contributed by atoms with Crippen LogP contribution in [-0.4, -0.2) is 50.3 Å². The number of hydrogen-bond acceptors (Lipinski definition) is 3. The molecule has 1 aromatic carbocycles. The van der Waals surface area contributed by atoms with Gasteiger partial charge in [-0.2, -0.15) is 0 Å². The number of morpholine rings is 1. The van der Waals surface area contributed by atoms with Crippen molar-refractivity contribution >= 4 is 5.96 Å². The third kappa shape index (κ3) is 7.75. The van der Waals surface area contributed by atoms with Crippen LogP contribution in [0.4, 0.5) is 0 Å². The molecule has 0 saturated carbocycles. The average Bonchev–Trinajstić information content (AvgIpc) is 2.65. The third-order valence-corrected chi connectivity index (χ3v) is 4.62. The Bertz CT molecular complexity index is 539. The Hall–Kier alpha value is -1.59. The number of benzene rings is 1. The number of guanidine groups is 1. The van der Waals surface area contributed by atoms with Gasteiger partial charge in [0.2, 0.25) is 0 Å². The van der Waals surface area contributed by atoms with Crippen molar-refractivity contribution in [2.75, 3.05) is 39.4 Å². The minimum absolute atomic E-state index is 0.708. The molecule has 26 heavy (non-hydrogen) atoms. The third-order valence-electron chi connectivity index (χ3n) is 4.62. The van der Waals surface area contributed by atoms with Gasteiger partial charge in [0.15, 0.2) is 5.96 Å². The summed E-state index contributed by atoms with van der Waals surface area (Å²) in [6, 6.07) is 8.65. The molecule has 0 aromatic heterocycles. The summed E-state index contributed by atoms with van der Waals surface area (Å²) in [7, 11) is 0. The second-order valence-corrected chi connectivity index (χ2v) is 7.32. The number of nitrogens with zero attached hydrogens (tertiary/aromatic N) is 2. The number of ether oxygens (including phenoxy) is 1. The number of aliphatic imine (C=N–C) groups is 1. The lowest BCUT2D eigenvalue weighted by Gasteiger charge is -2.27. The van der Waals surface area contributed by atoms with Gasteiger partial charge in [0, 0.05) is 32.7 Å². The Balaban J connectivity index is 1.92. The van der Waals surface area contributed by atoms with E-state index in [9.17, 15) is 0 Å². The maximum atomic E-state index is 5.45. The molecule has 1 aliphatic rings. The van der Waals surface area contributed by atoms with Crippen LogP contribution in [0, 0.1) is 5.92 Å². The summed E-state index contributed by atoms with van der Waals surface area (Å²) in [4.78, 5) is 7.27. The Morgan fingerprint density at radius 2 is 1.88 bits per heavy atom. The van der Waals surface area contributed by atoms with E-state index in [1.54, 1.807) is 0 Å². The van der Waals surface area contributed by atoms with E-state index in [1.807, 2.05) is 0 Å². The van der Waals surface area contributed by atoms with Crippen molar-refractivity contribution in [3.63, 3.8) is 0 Å². The minimum Gasteiger partial charge on any atom is -0.379 e. The fraction of sp³-hybridized carbons (Fsp3) is 0.667. The maximum absolute atomic E-state index is 5.45. The Kier molecular flexibility index (Phi) is 9.50. The summed E-state index contributed by atoms with van der Waals surface area (Å²) in [6.07, 6.45) is 2.42. The van der Waals surface area contributed by atoms with Crippen LogP contribution < -0.4 is 10.6 Å². The highest BCUT2D eigenvalue weighted by Crippen LogP contribution is 2.14. The van der Waals surface area contributed by atoms with Crippen molar-refractivity contribution in [3.05, 3.63) is 35.4 Å². The summed E-state index contributed by atoms with van der Waals surface area (Å²) >= 11 is 0. The quantitative estimate of drug-likeness (QED) is 0.404. The minimum atomic E-state index is 0.708. The van der Waals surface area contributed by atoms with Gasteiger partial charge in [0.05, 0.1) is 19.8 Å². The lowest BCUT2D eigenvalue weighted by Crippen LogP contribution is -2.38. The fourth-order valence-corrected chi connectivity index (χ4v) is 3.09. The molecule has 0 unspecified atom stereocenters. The van der Waals surface area contributed by atoms with Crippen molar-refractivity contribution < 1.29 is 4.74 Å². The van der Waals surface area contributed by atoms with Crippen LogP contribution >= 0.6 is 0 Å². The molecule has 1 saturated heterocycles. The van der Waals surface area contributed by atoms with Crippen LogP contribution in [0.2, 0.25) is 0 Å². The van der Waals surface area contributed by atoms with Gasteiger partial charge in [0.1, 0.15) is 0 Å². The second-order valence-electron chi connectivity index (χ2n) is 7.32. The summed E-state index contributed by atoms with van der Waals surface area (Å²) in [5, 5.41) is 6.81. The lowest BCUT2D eigenvalue weighted by atomic mass is 10.1. The fourth-order valence-electron chi connectivity index (χ4n) is 3.09. The van der Waals surface area contributed by atoms with Gasteiger partial charge in [-0.15, -0.1) is 0 Å². The molecule has 5 nitrogen and oxygen atoms in total. The van der Waals surface area contributed by atoms with E-state index in [0.29, 0.717) is 6.54 Å². The first kappa shape index (κ1) is 20.7. The van der Waals surface area contributed by atoms with E-state index in [0.717, 1.165) is 57.8 Å². The summed E-state index contributed by atoms with van der Waals surface area (Å²) < 4.78 is 5.45. The first-order chi connectivity index (χ1) is 12.7. The van der Waals surface area contributed by atoms with E-state index in [4.69, 9.17) is 9.73 Å². The molecule has 2 N–H and O–H groups in total. The molecule has 2 rings (SSSR count). The largest absolute Gasteiger partial charge is 0.379 e. The first-order valence-electron chi connectivity index (χ1n) is 10.1. The van der Waals surface area contributed by atoms with E-state index >= 15 is 0 Å². The maximum Gasteiger partial charge on any atom is 0.191 e. The van der Waals surface area contributed by atoms with Gasteiger partial charge in [-0.25, -0.2) is 4.99 Å². The molecule has 0 atom stereocenters. The molecule has 1 aromatic rings. The van der Waals surface area contributed by atoms with Crippen molar-refractivity contribution in [3.8, 4) is 0 Å². The standard InChI is InChI=1S/C21H36N4O/c1-4-22-21(23-11-7-8-18(2)3)24-16-19-9-5-6-10-20(19)17-25-12-14-26-15-13-25/h5-6,9-10,18H,4,7-8,11-17H2,1-3H3,(H2,22,23,24). The zero-order chi connectivity index (χ0) is 18.6. The summed E-state index contributed by atoms with van der Waals surface area (Å²) in [6.45, 7) is 13.9. The number of rotatable bonds is 9. The zero-order valence-electron chi connectivity index (χ0n) is 16.8. The summed E-state index contributed by atoms with van der Waals surface area (Å²) in [5.74, 6) is 1.67. The van der Waals surface area contributed by atoms with Crippen molar-refractivity contribution in [2.24, 2.45) is 10.9 Å². The lowest BCUT2D eigenvalue weighted by molar-refractivity contribution is 0.0341. The van der Waals surface area contributed by atoms with Gasteiger partial charge in [-0.3, -0.25) is 4.90 Å².